The Labute approximate surface area is 116 Å². The van der Waals surface area contributed by atoms with Crippen molar-refractivity contribution in [2.24, 2.45) is 0 Å². The van der Waals surface area contributed by atoms with Crippen LogP contribution in [0.5, 0.6) is 0 Å². The lowest BCUT2D eigenvalue weighted by atomic mass is 10.1. The monoisotopic (exact) mass is 274 g/mol. The van der Waals surface area contributed by atoms with Crippen LogP contribution in [0, 0.1) is 5.82 Å². The maximum atomic E-state index is 13.1. The quantitative estimate of drug-likeness (QED) is 0.843. The van der Waals surface area contributed by atoms with Crippen molar-refractivity contribution in [3.63, 3.8) is 0 Å². The van der Waals surface area contributed by atoms with Gasteiger partial charge in [-0.1, -0.05) is 12.1 Å². The van der Waals surface area contributed by atoms with Crippen molar-refractivity contribution in [2.75, 3.05) is 18.2 Å². The molecule has 0 aromatic heterocycles. The number of hydrogen-bond acceptors (Lipinski definition) is 3. The number of methoxy groups -OCH3 is 1. The third-order valence-electron chi connectivity index (χ3n) is 2.75. The van der Waals surface area contributed by atoms with Gasteiger partial charge in [0.25, 0.3) is 5.91 Å². The number of carbonyl (C=O) groups excluding carboxylic acids is 1. The minimum Gasteiger partial charge on any atom is -0.396 e. The largest absolute Gasteiger partial charge is 0.396 e. The van der Waals surface area contributed by atoms with Crippen molar-refractivity contribution in [1.29, 1.82) is 0 Å². The third-order valence-corrected chi connectivity index (χ3v) is 2.75. The van der Waals surface area contributed by atoms with Gasteiger partial charge in [-0.3, -0.25) is 4.79 Å². The van der Waals surface area contributed by atoms with Crippen molar-refractivity contribution in [3.8, 4) is 0 Å². The fraction of sp³-hybridized carbons (Fsp3) is 0.133. The number of hydrogen-bond donors (Lipinski definition) is 2. The SMILES string of the molecule is COCc1cccc(NC(=O)c2ccc(F)c(N)c2)c1. The highest BCUT2D eigenvalue weighted by molar-refractivity contribution is 6.04. The summed E-state index contributed by atoms with van der Waals surface area (Å²) in [5, 5.41) is 2.73. The van der Waals surface area contributed by atoms with Gasteiger partial charge in [0.1, 0.15) is 5.82 Å². The number of anilines is 2. The zero-order valence-corrected chi connectivity index (χ0v) is 11.0. The highest BCUT2D eigenvalue weighted by Gasteiger charge is 2.08. The van der Waals surface area contributed by atoms with Crippen LogP contribution in [-0.4, -0.2) is 13.0 Å². The van der Waals surface area contributed by atoms with Crippen LogP contribution in [0.25, 0.3) is 0 Å². The van der Waals surface area contributed by atoms with Crippen LogP contribution in [0.2, 0.25) is 0 Å². The Balaban J connectivity index is 2.14. The fourth-order valence-electron chi connectivity index (χ4n) is 1.79. The van der Waals surface area contributed by atoms with E-state index in [1.54, 1.807) is 13.2 Å². The van der Waals surface area contributed by atoms with Gasteiger partial charge >= 0.3 is 0 Å². The Morgan fingerprint density at radius 2 is 2.10 bits per heavy atom. The molecule has 5 heteroatoms. The minimum atomic E-state index is -0.538. The smallest absolute Gasteiger partial charge is 0.255 e. The molecule has 2 rings (SSSR count). The molecule has 0 spiro atoms. The predicted molar refractivity (Wildman–Crippen MR) is 75.9 cm³/mol. The molecule has 0 radical (unpaired) electrons. The summed E-state index contributed by atoms with van der Waals surface area (Å²) < 4.78 is 18.1. The van der Waals surface area contributed by atoms with Crippen molar-refractivity contribution in [3.05, 3.63) is 59.4 Å². The molecule has 3 N–H and O–H groups in total. The summed E-state index contributed by atoms with van der Waals surface area (Å²) in [5.41, 5.74) is 7.29. The Hall–Kier alpha value is -2.40. The van der Waals surface area contributed by atoms with E-state index in [-0.39, 0.29) is 11.6 Å². The number of nitrogens with one attached hydrogen (secondary N) is 1. The van der Waals surface area contributed by atoms with E-state index in [1.807, 2.05) is 18.2 Å². The van der Waals surface area contributed by atoms with Crippen LogP contribution in [0.4, 0.5) is 15.8 Å². The molecule has 20 heavy (non-hydrogen) atoms. The molecule has 0 unspecified atom stereocenters. The van der Waals surface area contributed by atoms with Gasteiger partial charge in [-0.05, 0) is 35.9 Å². The molecule has 0 saturated heterocycles. The summed E-state index contributed by atoms with van der Waals surface area (Å²) in [6.45, 7) is 0.465. The van der Waals surface area contributed by atoms with E-state index in [4.69, 9.17) is 10.5 Å². The maximum Gasteiger partial charge on any atom is 0.255 e. The van der Waals surface area contributed by atoms with E-state index in [2.05, 4.69) is 5.32 Å². The lowest BCUT2D eigenvalue weighted by molar-refractivity contribution is 0.102. The molecule has 0 saturated carbocycles. The summed E-state index contributed by atoms with van der Waals surface area (Å²) in [6, 6.07) is 11.2. The summed E-state index contributed by atoms with van der Waals surface area (Å²) in [6.07, 6.45) is 0. The second-order valence-corrected chi connectivity index (χ2v) is 4.32. The Morgan fingerprint density at radius 3 is 2.80 bits per heavy atom. The highest BCUT2D eigenvalue weighted by atomic mass is 19.1. The molecule has 1 amide bonds. The maximum absolute atomic E-state index is 13.1. The zero-order valence-electron chi connectivity index (χ0n) is 11.0. The minimum absolute atomic E-state index is 0.0502. The van der Waals surface area contributed by atoms with E-state index in [0.29, 0.717) is 17.9 Å². The zero-order chi connectivity index (χ0) is 14.5. The van der Waals surface area contributed by atoms with Crippen LogP contribution in [0.1, 0.15) is 15.9 Å². The average molecular weight is 274 g/mol. The molecule has 0 fully saturated rings. The van der Waals surface area contributed by atoms with E-state index in [0.717, 1.165) is 5.56 Å². The predicted octanol–water partition coefficient (Wildman–Crippen LogP) is 2.81. The molecule has 0 bridgehead atoms. The lowest BCUT2D eigenvalue weighted by Gasteiger charge is -2.08. The molecule has 0 aliphatic carbocycles. The van der Waals surface area contributed by atoms with Crippen molar-refractivity contribution < 1.29 is 13.9 Å². The van der Waals surface area contributed by atoms with Crippen LogP contribution in [0.15, 0.2) is 42.5 Å². The molecule has 0 aliphatic rings. The van der Waals surface area contributed by atoms with E-state index in [9.17, 15) is 9.18 Å². The van der Waals surface area contributed by atoms with Crippen molar-refractivity contribution in [1.82, 2.24) is 0 Å². The second-order valence-electron chi connectivity index (χ2n) is 4.32. The van der Waals surface area contributed by atoms with Gasteiger partial charge in [-0.25, -0.2) is 4.39 Å². The summed E-state index contributed by atoms with van der Waals surface area (Å²) in [7, 11) is 1.60. The van der Waals surface area contributed by atoms with Gasteiger partial charge in [0.05, 0.1) is 12.3 Å². The number of nitrogen functional groups attached to an aromatic ring is 1. The van der Waals surface area contributed by atoms with Crippen LogP contribution in [0.3, 0.4) is 0 Å². The third kappa shape index (κ3) is 3.33. The average Bonchev–Trinajstić information content (AvgIpc) is 2.42. The number of nitrogens with two attached hydrogens (primary N) is 1. The Bertz CT molecular complexity index is 629. The molecular weight excluding hydrogens is 259 g/mol. The molecule has 104 valence electrons. The normalized spacial score (nSPS) is 10.3. The lowest BCUT2D eigenvalue weighted by Crippen LogP contribution is -2.12. The van der Waals surface area contributed by atoms with Gasteiger partial charge in [-0.2, -0.15) is 0 Å². The van der Waals surface area contributed by atoms with Gasteiger partial charge in [-0.15, -0.1) is 0 Å². The first kappa shape index (κ1) is 14.0. The molecule has 2 aromatic rings. The van der Waals surface area contributed by atoms with Crippen LogP contribution >= 0.6 is 0 Å². The van der Waals surface area contributed by atoms with Gasteiger partial charge < -0.3 is 15.8 Å². The summed E-state index contributed by atoms with van der Waals surface area (Å²) in [5.74, 6) is -0.880. The standard InChI is InChI=1S/C15H15FN2O2/c1-20-9-10-3-2-4-12(7-10)18-15(19)11-5-6-13(16)14(17)8-11/h2-8H,9,17H2,1H3,(H,18,19). The summed E-state index contributed by atoms with van der Waals surface area (Å²) >= 11 is 0. The fourth-order valence-corrected chi connectivity index (χ4v) is 1.79. The first-order chi connectivity index (χ1) is 9.60. The van der Waals surface area contributed by atoms with Crippen LogP contribution < -0.4 is 11.1 Å². The van der Waals surface area contributed by atoms with Crippen molar-refractivity contribution in [2.45, 2.75) is 6.61 Å². The molecular formula is C15H15FN2O2. The van der Waals surface area contributed by atoms with E-state index < -0.39 is 5.82 Å². The Kier molecular flexibility index (Phi) is 4.32. The summed E-state index contributed by atoms with van der Waals surface area (Å²) in [4.78, 5) is 12.0. The number of carbonyl (C=O) groups is 1. The van der Waals surface area contributed by atoms with Gasteiger partial charge in [0.2, 0.25) is 0 Å². The molecule has 4 nitrogen and oxygen atoms in total. The molecule has 0 heterocycles. The highest BCUT2D eigenvalue weighted by Crippen LogP contribution is 2.16. The number of ether oxygens (including phenoxy) is 1. The number of halogens is 1. The van der Waals surface area contributed by atoms with E-state index >= 15 is 0 Å². The molecule has 2 aromatic carbocycles. The first-order valence-electron chi connectivity index (χ1n) is 6.04. The first-order valence-corrected chi connectivity index (χ1v) is 6.04. The van der Waals surface area contributed by atoms with Gasteiger partial charge in [0, 0.05) is 18.4 Å². The Morgan fingerprint density at radius 1 is 1.30 bits per heavy atom. The topological polar surface area (TPSA) is 64.3 Å². The van der Waals surface area contributed by atoms with E-state index in [1.165, 1.54) is 18.2 Å². The molecule has 0 atom stereocenters. The van der Waals surface area contributed by atoms with Crippen LogP contribution in [-0.2, 0) is 11.3 Å². The second kappa shape index (κ2) is 6.16. The number of rotatable bonds is 4. The number of benzene rings is 2. The molecule has 0 aliphatic heterocycles. The van der Waals surface area contributed by atoms with Gasteiger partial charge in [0.15, 0.2) is 0 Å². The number of amides is 1. The van der Waals surface area contributed by atoms with Crippen molar-refractivity contribution >= 4 is 17.3 Å².